The Morgan fingerprint density at radius 3 is 2.65 bits per heavy atom. The molecular formula is C30H24ClN7O2. The maximum atomic E-state index is 12.7. The fourth-order valence-corrected chi connectivity index (χ4v) is 5.29. The van der Waals surface area contributed by atoms with Gasteiger partial charge in [-0.15, -0.1) is 0 Å². The van der Waals surface area contributed by atoms with Crippen LogP contribution in [0.3, 0.4) is 0 Å². The summed E-state index contributed by atoms with van der Waals surface area (Å²) in [7, 11) is 0. The number of ether oxygens (including phenoxy) is 1. The number of aromatic amines is 2. The Kier molecular flexibility index (Phi) is 6.14. The van der Waals surface area contributed by atoms with Crippen molar-refractivity contribution in [3.63, 3.8) is 0 Å². The standard InChI is InChI=1S/C30H24ClN7O2/c31-21-4-1-3-18(11-21)23-5-2-6-26-24(23)14-27(35-26)28-25-13-20(16-33-29(25)37-36-28)19-12-22(17-32-15-19)34-30(39)38-7-9-40-10-8-38/h1-6,11-17,35H,7-10H2,(H,34,39)(H,33,36,37). The van der Waals surface area contributed by atoms with Gasteiger partial charge in [-0.3, -0.25) is 10.1 Å². The number of H-pyrrole nitrogens is 2. The zero-order valence-electron chi connectivity index (χ0n) is 21.3. The largest absolute Gasteiger partial charge is 0.378 e. The van der Waals surface area contributed by atoms with Gasteiger partial charge in [0, 0.05) is 57.9 Å². The van der Waals surface area contributed by atoms with Gasteiger partial charge < -0.3 is 19.9 Å². The van der Waals surface area contributed by atoms with Crippen LogP contribution in [-0.2, 0) is 4.74 Å². The summed E-state index contributed by atoms with van der Waals surface area (Å²) in [6.45, 7) is 2.22. The van der Waals surface area contributed by atoms with Gasteiger partial charge in [0.1, 0.15) is 0 Å². The van der Waals surface area contributed by atoms with E-state index in [1.54, 1.807) is 23.5 Å². The molecule has 4 aromatic heterocycles. The molecule has 10 heteroatoms. The van der Waals surface area contributed by atoms with Crippen LogP contribution >= 0.6 is 11.6 Å². The summed E-state index contributed by atoms with van der Waals surface area (Å²) in [6, 6.07) is 19.9. The Hall–Kier alpha value is -4.73. The van der Waals surface area contributed by atoms with Crippen molar-refractivity contribution in [3.8, 4) is 33.6 Å². The molecule has 6 aromatic rings. The van der Waals surface area contributed by atoms with Crippen molar-refractivity contribution in [3.05, 3.63) is 84.3 Å². The van der Waals surface area contributed by atoms with E-state index >= 15 is 0 Å². The summed E-state index contributed by atoms with van der Waals surface area (Å²) in [5.41, 5.74) is 7.80. The number of benzene rings is 2. The molecule has 1 fully saturated rings. The van der Waals surface area contributed by atoms with Crippen molar-refractivity contribution in [1.82, 2.24) is 30.0 Å². The van der Waals surface area contributed by atoms with Gasteiger partial charge in [-0.25, -0.2) is 9.78 Å². The first-order valence-electron chi connectivity index (χ1n) is 12.9. The molecule has 1 saturated heterocycles. The molecule has 0 unspecified atom stereocenters. The van der Waals surface area contributed by atoms with E-state index in [2.05, 4.69) is 54.7 Å². The number of carbonyl (C=O) groups excluding carboxylic acids is 1. The Labute approximate surface area is 234 Å². The Morgan fingerprint density at radius 2 is 1.77 bits per heavy atom. The number of aromatic nitrogens is 5. The molecule has 7 rings (SSSR count). The number of carbonyl (C=O) groups is 1. The molecule has 40 heavy (non-hydrogen) atoms. The third-order valence-electron chi connectivity index (χ3n) is 7.10. The Balaban J connectivity index is 1.23. The number of anilines is 1. The Bertz CT molecular complexity index is 1870. The van der Waals surface area contributed by atoms with Crippen LogP contribution in [0.25, 0.3) is 55.6 Å². The van der Waals surface area contributed by atoms with Gasteiger partial charge in [0.05, 0.1) is 36.5 Å². The quantitative estimate of drug-likeness (QED) is 0.237. The molecular weight excluding hydrogens is 526 g/mol. The third kappa shape index (κ3) is 4.55. The lowest BCUT2D eigenvalue weighted by molar-refractivity contribution is 0.0564. The maximum absolute atomic E-state index is 12.7. The van der Waals surface area contributed by atoms with Crippen LogP contribution in [0.1, 0.15) is 0 Å². The predicted molar refractivity (Wildman–Crippen MR) is 156 cm³/mol. The number of rotatable bonds is 4. The highest BCUT2D eigenvalue weighted by Gasteiger charge is 2.18. The second-order valence-corrected chi connectivity index (χ2v) is 10.1. The van der Waals surface area contributed by atoms with E-state index in [9.17, 15) is 4.79 Å². The fourth-order valence-electron chi connectivity index (χ4n) is 5.10. The highest BCUT2D eigenvalue weighted by atomic mass is 35.5. The topological polar surface area (TPSA) is 112 Å². The van der Waals surface area contributed by atoms with Crippen LogP contribution in [0.2, 0.25) is 5.02 Å². The molecule has 5 heterocycles. The second kappa shape index (κ2) is 10.1. The van der Waals surface area contributed by atoms with Gasteiger partial charge in [0.2, 0.25) is 0 Å². The number of nitrogens with one attached hydrogen (secondary N) is 3. The van der Waals surface area contributed by atoms with E-state index in [0.29, 0.717) is 42.7 Å². The predicted octanol–water partition coefficient (Wildman–Crippen LogP) is 6.35. The number of urea groups is 1. The lowest BCUT2D eigenvalue weighted by atomic mass is 10.0. The summed E-state index contributed by atoms with van der Waals surface area (Å²) in [6.07, 6.45) is 5.16. The SMILES string of the molecule is O=C(Nc1cncc(-c2cnc3n[nH]c(-c4cc5c(-c6cccc(Cl)c6)cccc5[nH]4)c3c2)c1)N1CCOCC1. The number of fused-ring (bicyclic) bond motifs is 2. The van der Waals surface area contributed by atoms with E-state index in [1.165, 1.54) is 0 Å². The average Bonchev–Trinajstić information content (AvgIpc) is 3.61. The molecule has 9 nitrogen and oxygen atoms in total. The number of nitrogens with zero attached hydrogens (tertiary/aromatic N) is 4. The van der Waals surface area contributed by atoms with Crippen molar-refractivity contribution >= 4 is 45.3 Å². The van der Waals surface area contributed by atoms with Crippen LogP contribution in [-0.4, -0.2) is 62.4 Å². The molecule has 0 bridgehead atoms. The summed E-state index contributed by atoms with van der Waals surface area (Å²) >= 11 is 6.27. The van der Waals surface area contributed by atoms with E-state index < -0.39 is 0 Å². The summed E-state index contributed by atoms with van der Waals surface area (Å²) in [5.74, 6) is 0. The number of halogens is 1. The highest BCUT2D eigenvalue weighted by Crippen LogP contribution is 2.35. The first kappa shape index (κ1) is 24.3. The van der Waals surface area contributed by atoms with Crippen molar-refractivity contribution in [1.29, 1.82) is 0 Å². The normalized spacial score (nSPS) is 13.7. The fraction of sp³-hybridized carbons (Fsp3) is 0.133. The van der Waals surface area contributed by atoms with E-state index in [-0.39, 0.29) is 6.03 Å². The zero-order chi connectivity index (χ0) is 27.1. The summed E-state index contributed by atoms with van der Waals surface area (Å²) in [5, 5.41) is 13.2. The van der Waals surface area contributed by atoms with Crippen LogP contribution in [0.5, 0.6) is 0 Å². The Morgan fingerprint density at radius 1 is 0.925 bits per heavy atom. The van der Waals surface area contributed by atoms with Gasteiger partial charge in [-0.1, -0.05) is 35.9 Å². The number of hydrogen-bond donors (Lipinski definition) is 3. The molecule has 2 aromatic carbocycles. The monoisotopic (exact) mass is 549 g/mol. The van der Waals surface area contributed by atoms with Crippen molar-refractivity contribution in [2.24, 2.45) is 0 Å². The van der Waals surface area contributed by atoms with E-state index in [0.717, 1.165) is 49.9 Å². The molecule has 3 N–H and O–H groups in total. The smallest absolute Gasteiger partial charge is 0.322 e. The lowest BCUT2D eigenvalue weighted by Crippen LogP contribution is -2.43. The number of hydrogen-bond acceptors (Lipinski definition) is 5. The third-order valence-corrected chi connectivity index (χ3v) is 7.33. The minimum atomic E-state index is -0.163. The zero-order valence-corrected chi connectivity index (χ0v) is 22.1. The van der Waals surface area contributed by atoms with Crippen LogP contribution in [0.4, 0.5) is 10.5 Å². The van der Waals surface area contributed by atoms with Crippen molar-refractivity contribution in [2.75, 3.05) is 31.6 Å². The molecule has 2 amide bonds. The molecule has 1 aliphatic rings. The second-order valence-electron chi connectivity index (χ2n) is 9.65. The molecule has 0 aliphatic carbocycles. The maximum Gasteiger partial charge on any atom is 0.322 e. The minimum Gasteiger partial charge on any atom is -0.378 e. The summed E-state index contributed by atoms with van der Waals surface area (Å²) < 4.78 is 5.34. The van der Waals surface area contributed by atoms with E-state index in [1.807, 2.05) is 36.4 Å². The first-order chi connectivity index (χ1) is 19.6. The van der Waals surface area contributed by atoms with Gasteiger partial charge in [-0.05, 0) is 47.5 Å². The number of pyridine rings is 2. The molecule has 0 atom stereocenters. The average molecular weight is 550 g/mol. The highest BCUT2D eigenvalue weighted by molar-refractivity contribution is 6.31. The van der Waals surface area contributed by atoms with Crippen LogP contribution < -0.4 is 5.32 Å². The van der Waals surface area contributed by atoms with Gasteiger partial charge >= 0.3 is 6.03 Å². The first-order valence-corrected chi connectivity index (χ1v) is 13.3. The van der Waals surface area contributed by atoms with Crippen molar-refractivity contribution < 1.29 is 9.53 Å². The molecule has 0 spiro atoms. The molecule has 1 aliphatic heterocycles. The van der Waals surface area contributed by atoms with Gasteiger partial charge in [0.15, 0.2) is 5.65 Å². The number of amides is 2. The van der Waals surface area contributed by atoms with Crippen LogP contribution in [0, 0.1) is 0 Å². The number of morpholine rings is 1. The lowest BCUT2D eigenvalue weighted by Gasteiger charge is -2.26. The van der Waals surface area contributed by atoms with Crippen LogP contribution in [0.15, 0.2) is 79.3 Å². The minimum absolute atomic E-state index is 0.163. The van der Waals surface area contributed by atoms with Gasteiger partial charge in [0.25, 0.3) is 0 Å². The van der Waals surface area contributed by atoms with E-state index in [4.69, 9.17) is 16.3 Å². The van der Waals surface area contributed by atoms with Gasteiger partial charge in [-0.2, -0.15) is 5.10 Å². The molecule has 0 saturated carbocycles. The molecule has 0 radical (unpaired) electrons. The van der Waals surface area contributed by atoms with Crippen molar-refractivity contribution in [2.45, 2.75) is 0 Å². The summed E-state index contributed by atoms with van der Waals surface area (Å²) in [4.78, 5) is 26.9. The molecule has 198 valence electrons.